The van der Waals surface area contributed by atoms with Crippen LogP contribution in [0.2, 0.25) is 0 Å². The van der Waals surface area contributed by atoms with E-state index in [1.807, 2.05) is 11.4 Å². The molecule has 114 valence electrons. The fraction of sp³-hybridized carbons (Fsp3) is 0.286. The molecule has 0 N–H and O–H groups in total. The van der Waals surface area contributed by atoms with E-state index in [0.29, 0.717) is 18.0 Å². The molecule has 7 nitrogen and oxygen atoms in total. The number of aromatic nitrogens is 3. The number of nitrogens with zero attached hydrogens (tertiary/aromatic N) is 5. The van der Waals surface area contributed by atoms with Crippen molar-refractivity contribution in [3.8, 4) is 0 Å². The molecule has 0 bridgehead atoms. The van der Waals surface area contributed by atoms with Gasteiger partial charge in [-0.05, 0) is 17.4 Å². The second-order valence-corrected chi connectivity index (χ2v) is 5.83. The summed E-state index contributed by atoms with van der Waals surface area (Å²) < 4.78 is 1.49. The number of hydrogen-bond donors (Lipinski definition) is 0. The van der Waals surface area contributed by atoms with Gasteiger partial charge < -0.3 is 15.0 Å². The summed E-state index contributed by atoms with van der Waals surface area (Å²) in [6.45, 7) is 2.54. The molecule has 0 saturated carbocycles. The van der Waals surface area contributed by atoms with E-state index in [-0.39, 0.29) is 5.82 Å². The molecule has 3 rings (SSSR count). The Morgan fingerprint density at radius 1 is 1.41 bits per heavy atom. The van der Waals surface area contributed by atoms with Crippen LogP contribution in [0.4, 0.5) is 11.6 Å². The SMILES string of the molecule is CCc1nc(CN(C)c2nc3ccccn3c2[N+](=O)[O-])cs1. The molecule has 0 saturated heterocycles. The van der Waals surface area contributed by atoms with Crippen LogP contribution in [-0.4, -0.2) is 26.3 Å². The summed E-state index contributed by atoms with van der Waals surface area (Å²) in [5.74, 6) is 0.325. The Labute approximate surface area is 131 Å². The summed E-state index contributed by atoms with van der Waals surface area (Å²) in [4.78, 5) is 21.6. The zero-order valence-electron chi connectivity index (χ0n) is 12.3. The summed E-state index contributed by atoms with van der Waals surface area (Å²) in [5.41, 5.74) is 1.46. The lowest BCUT2D eigenvalue weighted by Crippen LogP contribution is -2.18. The Hall–Kier alpha value is -2.48. The minimum atomic E-state index is -0.398. The Morgan fingerprint density at radius 2 is 2.23 bits per heavy atom. The average molecular weight is 317 g/mol. The van der Waals surface area contributed by atoms with Crippen molar-refractivity contribution in [1.29, 1.82) is 0 Å². The average Bonchev–Trinajstić information content (AvgIpc) is 3.10. The maximum absolute atomic E-state index is 11.4. The van der Waals surface area contributed by atoms with Crippen molar-refractivity contribution in [2.45, 2.75) is 19.9 Å². The maximum Gasteiger partial charge on any atom is 0.372 e. The van der Waals surface area contributed by atoms with E-state index in [4.69, 9.17) is 0 Å². The summed E-state index contributed by atoms with van der Waals surface area (Å²) in [5, 5.41) is 14.5. The molecular formula is C14H15N5O2S. The largest absolute Gasteiger partial charge is 0.372 e. The molecular weight excluding hydrogens is 302 g/mol. The van der Waals surface area contributed by atoms with E-state index in [1.165, 1.54) is 4.40 Å². The minimum absolute atomic E-state index is 0.0240. The van der Waals surface area contributed by atoms with Crippen molar-refractivity contribution in [3.63, 3.8) is 0 Å². The molecule has 3 aromatic heterocycles. The Bertz CT molecular complexity index is 826. The van der Waals surface area contributed by atoms with Crippen molar-refractivity contribution in [1.82, 2.24) is 14.4 Å². The molecule has 22 heavy (non-hydrogen) atoms. The van der Waals surface area contributed by atoms with Crippen molar-refractivity contribution in [3.05, 3.63) is 50.6 Å². The molecule has 0 spiro atoms. The zero-order chi connectivity index (χ0) is 15.7. The van der Waals surface area contributed by atoms with Crippen LogP contribution >= 0.6 is 11.3 Å². The van der Waals surface area contributed by atoms with Crippen LogP contribution in [0.5, 0.6) is 0 Å². The molecule has 0 atom stereocenters. The van der Waals surface area contributed by atoms with Gasteiger partial charge in [0.1, 0.15) is 0 Å². The topological polar surface area (TPSA) is 76.6 Å². The second-order valence-electron chi connectivity index (χ2n) is 4.89. The van der Waals surface area contributed by atoms with E-state index >= 15 is 0 Å². The van der Waals surface area contributed by atoms with E-state index < -0.39 is 4.92 Å². The van der Waals surface area contributed by atoms with Crippen molar-refractivity contribution in [2.24, 2.45) is 0 Å². The van der Waals surface area contributed by atoms with Crippen LogP contribution in [0.15, 0.2) is 29.8 Å². The van der Waals surface area contributed by atoms with E-state index in [1.54, 1.807) is 41.6 Å². The standard InChI is InChI=1S/C14H15N5O2S/c1-3-12-15-10(9-22-12)8-17(2)13-14(19(20)21)18-7-5-4-6-11(18)16-13/h4-7,9H,3,8H2,1-2H3. The molecule has 0 amide bonds. The van der Waals surface area contributed by atoms with Gasteiger partial charge in [0.25, 0.3) is 0 Å². The van der Waals surface area contributed by atoms with Gasteiger partial charge in [-0.2, -0.15) is 9.38 Å². The maximum atomic E-state index is 11.4. The second kappa shape index (κ2) is 5.72. The highest BCUT2D eigenvalue weighted by atomic mass is 32.1. The van der Waals surface area contributed by atoms with Gasteiger partial charge >= 0.3 is 5.82 Å². The number of thiazole rings is 1. The number of fused-ring (bicyclic) bond motifs is 1. The van der Waals surface area contributed by atoms with Crippen LogP contribution < -0.4 is 4.90 Å². The molecule has 0 aromatic carbocycles. The molecule has 0 unspecified atom stereocenters. The highest BCUT2D eigenvalue weighted by molar-refractivity contribution is 7.09. The van der Waals surface area contributed by atoms with Crippen LogP contribution in [-0.2, 0) is 13.0 Å². The molecule has 0 fully saturated rings. The Morgan fingerprint density at radius 3 is 2.91 bits per heavy atom. The first-order valence-corrected chi connectivity index (χ1v) is 7.74. The van der Waals surface area contributed by atoms with Gasteiger partial charge in [-0.15, -0.1) is 11.3 Å². The van der Waals surface area contributed by atoms with Crippen LogP contribution in [0, 0.1) is 10.1 Å². The molecule has 0 aliphatic rings. The molecule has 8 heteroatoms. The van der Waals surface area contributed by atoms with Crippen LogP contribution in [0.1, 0.15) is 17.6 Å². The smallest absolute Gasteiger partial charge is 0.358 e. The Kier molecular flexibility index (Phi) is 3.76. The fourth-order valence-electron chi connectivity index (χ4n) is 2.30. The number of anilines is 1. The minimum Gasteiger partial charge on any atom is -0.358 e. The lowest BCUT2D eigenvalue weighted by molar-refractivity contribution is -0.389. The molecule has 0 aliphatic carbocycles. The molecule has 3 aromatic rings. The van der Waals surface area contributed by atoms with Crippen molar-refractivity contribution < 1.29 is 4.92 Å². The van der Waals surface area contributed by atoms with Gasteiger partial charge in [-0.25, -0.2) is 4.98 Å². The van der Waals surface area contributed by atoms with E-state index in [0.717, 1.165) is 17.1 Å². The first kappa shape index (κ1) is 14.5. The number of nitro groups is 1. The first-order valence-electron chi connectivity index (χ1n) is 6.86. The predicted molar refractivity (Wildman–Crippen MR) is 85.4 cm³/mol. The van der Waals surface area contributed by atoms with Gasteiger partial charge in [-0.1, -0.05) is 13.0 Å². The van der Waals surface area contributed by atoms with Gasteiger partial charge in [0, 0.05) is 18.5 Å². The quantitative estimate of drug-likeness (QED) is 0.534. The third-order valence-corrected chi connectivity index (χ3v) is 4.36. The molecule has 3 heterocycles. The van der Waals surface area contributed by atoms with Crippen molar-refractivity contribution >= 4 is 28.6 Å². The fourth-order valence-corrected chi connectivity index (χ4v) is 3.03. The van der Waals surface area contributed by atoms with Crippen molar-refractivity contribution in [2.75, 3.05) is 11.9 Å². The Balaban J connectivity index is 1.97. The summed E-state index contributed by atoms with van der Waals surface area (Å²) >= 11 is 1.60. The van der Waals surface area contributed by atoms with Gasteiger partial charge in [0.15, 0.2) is 0 Å². The normalized spacial score (nSPS) is 11.0. The summed E-state index contributed by atoms with van der Waals surface area (Å²) in [6, 6.07) is 5.31. The number of rotatable bonds is 5. The van der Waals surface area contributed by atoms with Gasteiger partial charge in [-0.3, -0.25) is 0 Å². The lowest BCUT2D eigenvalue weighted by atomic mass is 10.4. The van der Waals surface area contributed by atoms with Crippen LogP contribution in [0.25, 0.3) is 5.65 Å². The number of imidazole rings is 1. The summed E-state index contributed by atoms with van der Waals surface area (Å²) in [7, 11) is 1.79. The third kappa shape index (κ3) is 2.52. The molecule has 0 radical (unpaired) electrons. The predicted octanol–water partition coefficient (Wildman–Crippen LogP) is 2.90. The first-order chi connectivity index (χ1) is 10.6. The highest BCUT2D eigenvalue weighted by Gasteiger charge is 2.25. The van der Waals surface area contributed by atoms with Gasteiger partial charge in [0.05, 0.1) is 23.4 Å². The lowest BCUT2D eigenvalue weighted by Gasteiger charge is -2.14. The number of pyridine rings is 1. The van der Waals surface area contributed by atoms with Crippen LogP contribution in [0.3, 0.4) is 0 Å². The van der Waals surface area contributed by atoms with Gasteiger partial charge in [0.2, 0.25) is 11.5 Å². The third-order valence-electron chi connectivity index (χ3n) is 3.32. The van der Waals surface area contributed by atoms with E-state index in [9.17, 15) is 10.1 Å². The summed E-state index contributed by atoms with van der Waals surface area (Å²) in [6.07, 6.45) is 2.54. The van der Waals surface area contributed by atoms with E-state index in [2.05, 4.69) is 16.9 Å². The molecule has 0 aliphatic heterocycles. The monoisotopic (exact) mass is 317 g/mol. The number of aryl methyl sites for hydroxylation is 1. The highest BCUT2D eigenvalue weighted by Crippen LogP contribution is 2.29. The number of hydrogen-bond acceptors (Lipinski definition) is 6. The zero-order valence-corrected chi connectivity index (χ0v) is 13.1.